The van der Waals surface area contributed by atoms with Crippen molar-refractivity contribution in [3.05, 3.63) is 35.9 Å². The molecule has 7 heteroatoms. The SMILES string of the molecule is C#CCN(CC(=O)O)Cc1noc(-c2ccc(F)cc2)n1. The second kappa shape index (κ2) is 6.63. The van der Waals surface area contributed by atoms with E-state index in [-0.39, 0.29) is 31.3 Å². The Hall–Kier alpha value is -2.72. The summed E-state index contributed by atoms with van der Waals surface area (Å²) >= 11 is 0. The van der Waals surface area contributed by atoms with Crippen molar-refractivity contribution in [2.45, 2.75) is 6.54 Å². The van der Waals surface area contributed by atoms with Crippen LogP contribution in [0.2, 0.25) is 0 Å². The van der Waals surface area contributed by atoms with Gasteiger partial charge in [0.25, 0.3) is 5.89 Å². The minimum absolute atomic E-state index is 0.154. The highest BCUT2D eigenvalue weighted by molar-refractivity contribution is 5.69. The number of carbonyl (C=O) groups is 1. The van der Waals surface area contributed by atoms with Gasteiger partial charge in [-0.05, 0) is 24.3 Å². The summed E-state index contributed by atoms with van der Waals surface area (Å²) < 4.78 is 17.9. The molecule has 1 N–H and O–H groups in total. The van der Waals surface area contributed by atoms with E-state index in [4.69, 9.17) is 16.1 Å². The van der Waals surface area contributed by atoms with E-state index in [2.05, 4.69) is 16.1 Å². The van der Waals surface area contributed by atoms with Gasteiger partial charge in [-0.25, -0.2) is 4.39 Å². The number of terminal acetylenes is 1. The van der Waals surface area contributed by atoms with Crippen LogP contribution in [0.3, 0.4) is 0 Å². The number of rotatable bonds is 6. The highest BCUT2D eigenvalue weighted by Gasteiger charge is 2.14. The van der Waals surface area contributed by atoms with Gasteiger partial charge in [0.2, 0.25) is 0 Å². The summed E-state index contributed by atoms with van der Waals surface area (Å²) in [6.07, 6.45) is 5.18. The molecule has 1 aromatic carbocycles. The van der Waals surface area contributed by atoms with E-state index < -0.39 is 5.97 Å². The molecule has 0 aliphatic rings. The van der Waals surface area contributed by atoms with Gasteiger partial charge in [-0.3, -0.25) is 9.69 Å². The first-order valence-electron chi connectivity index (χ1n) is 6.04. The molecule has 2 aromatic rings. The molecule has 6 nitrogen and oxygen atoms in total. The smallest absolute Gasteiger partial charge is 0.317 e. The van der Waals surface area contributed by atoms with Crippen LogP contribution in [0.25, 0.3) is 11.5 Å². The number of carboxylic acid groups (broad SMARTS) is 1. The molecule has 2 rings (SSSR count). The summed E-state index contributed by atoms with van der Waals surface area (Å²) in [4.78, 5) is 16.3. The van der Waals surface area contributed by atoms with Crippen molar-refractivity contribution in [3.63, 3.8) is 0 Å². The zero-order chi connectivity index (χ0) is 15.2. The van der Waals surface area contributed by atoms with Crippen LogP contribution in [0, 0.1) is 18.2 Å². The first kappa shape index (κ1) is 14.7. The Kier molecular flexibility index (Phi) is 4.64. The van der Waals surface area contributed by atoms with E-state index in [0.717, 1.165) is 0 Å². The minimum atomic E-state index is -0.993. The lowest BCUT2D eigenvalue weighted by molar-refractivity contribution is -0.138. The number of hydrogen-bond donors (Lipinski definition) is 1. The van der Waals surface area contributed by atoms with Crippen LogP contribution in [0.15, 0.2) is 28.8 Å². The number of hydrogen-bond acceptors (Lipinski definition) is 5. The summed E-state index contributed by atoms with van der Waals surface area (Å²) in [5.74, 6) is 1.57. The van der Waals surface area contributed by atoms with Gasteiger partial charge in [0.05, 0.1) is 19.6 Å². The van der Waals surface area contributed by atoms with Crippen LogP contribution < -0.4 is 0 Å². The van der Waals surface area contributed by atoms with Gasteiger partial charge in [0.15, 0.2) is 5.82 Å². The van der Waals surface area contributed by atoms with Crippen molar-refractivity contribution in [1.29, 1.82) is 0 Å². The van der Waals surface area contributed by atoms with E-state index in [1.807, 2.05) is 0 Å². The molecular formula is C14H12FN3O3. The predicted molar refractivity (Wildman–Crippen MR) is 71.4 cm³/mol. The Morgan fingerprint density at radius 3 is 2.76 bits per heavy atom. The van der Waals surface area contributed by atoms with E-state index in [0.29, 0.717) is 11.4 Å². The maximum absolute atomic E-state index is 12.8. The first-order valence-corrected chi connectivity index (χ1v) is 6.04. The normalized spacial score (nSPS) is 10.5. The van der Waals surface area contributed by atoms with Gasteiger partial charge in [0, 0.05) is 5.56 Å². The zero-order valence-electron chi connectivity index (χ0n) is 11.0. The number of halogens is 1. The fraction of sp³-hybridized carbons (Fsp3) is 0.214. The molecule has 0 bridgehead atoms. The van der Waals surface area contributed by atoms with Crippen LogP contribution in [0.5, 0.6) is 0 Å². The average molecular weight is 289 g/mol. The third-order valence-electron chi connectivity index (χ3n) is 2.60. The number of carboxylic acids is 1. The molecule has 0 unspecified atom stereocenters. The summed E-state index contributed by atoms with van der Waals surface area (Å²) in [5, 5.41) is 12.5. The predicted octanol–water partition coefficient (Wildman–Crippen LogP) is 1.40. The highest BCUT2D eigenvalue weighted by atomic mass is 19.1. The van der Waals surface area contributed by atoms with Gasteiger partial charge in [0.1, 0.15) is 5.82 Å². The van der Waals surface area contributed by atoms with Crippen LogP contribution in [0.1, 0.15) is 5.82 Å². The number of nitrogens with zero attached hydrogens (tertiary/aromatic N) is 3. The van der Waals surface area contributed by atoms with E-state index >= 15 is 0 Å². The Morgan fingerprint density at radius 2 is 2.14 bits per heavy atom. The quantitative estimate of drug-likeness (QED) is 0.810. The van der Waals surface area contributed by atoms with E-state index in [9.17, 15) is 9.18 Å². The average Bonchev–Trinajstić information content (AvgIpc) is 2.87. The minimum Gasteiger partial charge on any atom is -0.480 e. The van der Waals surface area contributed by atoms with Crippen molar-refractivity contribution in [2.24, 2.45) is 0 Å². The molecule has 0 atom stereocenters. The molecule has 0 saturated carbocycles. The number of benzene rings is 1. The van der Waals surface area contributed by atoms with Gasteiger partial charge in [-0.2, -0.15) is 4.98 Å². The molecule has 1 aromatic heterocycles. The van der Waals surface area contributed by atoms with E-state index in [1.165, 1.54) is 29.2 Å². The fourth-order valence-corrected chi connectivity index (χ4v) is 1.72. The number of aliphatic carboxylic acids is 1. The molecule has 0 radical (unpaired) electrons. The molecule has 0 aliphatic heterocycles. The Morgan fingerprint density at radius 1 is 1.43 bits per heavy atom. The summed E-state index contributed by atoms with van der Waals surface area (Å²) in [5.41, 5.74) is 0.580. The fourth-order valence-electron chi connectivity index (χ4n) is 1.72. The third kappa shape index (κ3) is 4.12. The van der Waals surface area contributed by atoms with Crippen LogP contribution in [0.4, 0.5) is 4.39 Å². The van der Waals surface area contributed by atoms with Crippen molar-refractivity contribution in [2.75, 3.05) is 13.1 Å². The standard InChI is InChI=1S/C14H12FN3O3/c1-2-7-18(9-13(19)20)8-12-16-14(21-17-12)10-3-5-11(15)6-4-10/h1,3-6H,7-9H2,(H,19,20). The van der Waals surface area contributed by atoms with E-state index in [1.54, 1.807) is 0 Å². The molecular weight excluding hydrogens is 277 g/mol. The Bertz CT molecular complexity index is 661. The molecule has 0 spiro atoms. The molecule has 108 valence electrons. The topological polar surface area (TPSA) is 79.5 Å². The lowest BCUT2D eigenvalue weighted by atomic mass is 10.2. The maximum atomic E-state index is 12.8. The van der Waals surface area contributed by atoms with Crippen molar-refractivity contribution in [1.82, 2.24) is 15.0 Å². The van der Waals surface area contributed by atoms with Crippen LogP contribution in [-0.2, 0) is 11.3 Å². The monoisotopic (exact) mass is 289 g/mol. The summed E-state index contributed by atoms with van der Waals surface area (Å²) in [6, 6.07) is 5.61. The Balaban J connectivity index is 2.10. The lowest BCUT2D eigenvalue weighted by Gasteiger charge is -2.14. The Labute approximate surface area is 120 Å². The van der Waals surface area contributed by atoms with Crippen molar-refractivity contribution >= 4 is 5.97 Å². The maximum Gasteiger partial charge on any atom is 0.317 e. The van der Waals surface area contributed by atoms with Crippen LogP contribution >= 0.6 is 0 Å². The van der Waals surface area contributed by atoms with Gasteiger partial charge in [-0.1, -0.05) is 11.1 Å². The summed E-state index contributed by atoms with van der Waals surface area (Å²) in [6.45, 7) is 0.0958. The molecule has 0 amide bonds. The first-order chi connectivity index (χ1) is 10.1. The summed E-state index contributed by atoms with van der Waals surface area (Å²) in [7, 11) is 0. The largest absolute Gasteiger partial charge is 0.480 e. The highest BCUT2D eigenvalue weighted by Crippen LogP contribution is 2.17. The second-order valence-corrected chi connectivity index (χ2v) is 4.27. The second-order valence-electron chi connectivity index (χ2n) is 4.27. The zero-order valence-corrected chi connectivity index (χ0v) is 11.0. The van der Waals surface area contributed by atoms with Crippen molar-refractivity contribution in [3.8, 4) is 23.8 Å². The molecule has 21 heavy (non-hydrogen) atoms. The van der Waals surface area contributed by atoms with Crippen molar-refractivity contribution < 1.29 is 18.8 Å². The molecule has 0 saturated heterocycles. The third-order valence-corrected chi connectivity index (χ3v) is 2.60. The molecule has 1 heterocycles. The van der Waals surface area contributed by atoms with Gasteiger partial charge >= 0.3 is 5.97 Å². The van der Waals surface area contributed by atoms with Gasteiger partial charge < -0.3 is 9.63 Å². The lowest BCUT2D eigenvalue weighted by Crippen LogP contribution is -2.30. The van der Waals surface area contributed by atoms with Gasteiger partial charge in [-0.15, -0.1) is 6.42 Å². The molecule has 0 aliphatic carbocycles. The number of aromatic nitrogens is 2. The van der Waals surface area contributed by atoms with Crippen LogP contribution in [-0.4, -0.2) is 39.2 Å². The molecule has 0 fully saturated rings.